The van der Waals surface area contributed by atoms with Gasteiger partial charge < -0.3 is 68.0 Å². The van der Waals surface area contributed by atoms with E-state index in [1.54, 1.807) is 0 Å². The van der Waals surface area contributed by atoms with Crippen molar-refractivity contribution in [2.24, 2.45) is 63.1 Å². The van der Waals surface area contributed by atoms with E-state index in [2.05, 4.69) is 12.1 Å². The average Bonchev–Trinajstić information content (AvgIpc) is 2.86. The molecular formula is C18H54N14. The molecule has 0 aromatic rings. The largest absolute Gasteiger partial charge is 0.329 e. The number of nitrogens with zero attached hydrogens (tertiary/aromatic N) is 3. The fourth-order valence-electron chi connectivity index (χ4n) is 0.934. The Morgan fingerprint density at radius 2 is 0.594 bits per heavy atom. The summed E-state index contributed by atoms with van der Waals surface area (Å²) in [7, 11) is 0. The molecule has 0 spiro atoms. The molecule has 0 amide bonds. The van der Waals surface area contributed by atoms with Gasteiger partial charge in [-0.3, -0.25) is 0 Å². The van der Waals surface area contributed by atoms with Crippen LogP contribution in [0.25, 0.3) is 0 Å². The van der Waals surface area contributed by atoms with E-state index in [1.807, 2.05) is 4.90 Å². The second kappa shape index (κ2) is 63.0. The van der Waals surface area contributed by atoms with Gasteiger partial charge in [-0.05, 0) is 0 Å². The lowest BCUT2D eigenvalue weighted by Gasteiger charge is -2.17. The number of nitriles is 2. The summed E-state index contributed by atoms with van der Waals surface area (Å²) >= 11 is 0. The van der Waals surface area contributed by atoms with Gasteiger partial charge in [0, 0.05) is 104 Å². The van der Waals surface area contributed by atoms with Crippen LogP contribution in [0.4, 0.5) is 0 Å². The Balaban J connectivity index is -0.0000000706. The zero-order chi connectivity index (χ0) is 26.3. The summed E-state index contributed by atoms with van der Waals surface area (Å²) in [6, 6.07) is 4.14. The van der Waals surface area contributed by atoms with E-state index in [0.717, 1.165) is 19.6 Å². The summed E-state index contributed by atoms with van der Waals surface area (Å²) < 4.78 is 0. The van der Waals surface area contributed by atoms with Gasteiger partial charge in [0.25, 0.3) is 0 Å². The van der Waals surface area contributed by atoms with Gasteiger partial charge in [-0.1, -0.05) is 0 Å². The molecule has 32 heavy (non-hydrogen) atoms. The van der Waals surface area contributed by atoms with Gasteiger partial charge in [-0.15, -0.1) is 0 Å². The first-order valence-corrected chi connectivity index (χ1v) is 10.6. The van der Waals surface area contributed by atoms with Crippen LogP contribution in [0.2, 0.25) is 0 Å². The summed E-state index contributed by atoms with van der Waals surface area (Å²) in [5.41, 5.74) is 54.4. The lowest BCUT2D eigenvalue weighted by molar-refractivity contribution is 0.294. The predicted molar refractivity (Wildman–Crippen MR) is 136 cm³/mol. The Morgan fingerprint density at radius 3 is 0.719 bits per heavy atom. The number of hydrogen-bond donors (Lipinski definition) is 11. The van der Waals surface area contributed by atoms with Gasteiger partial charge in [0.05, 0.1) is 12.1 Å². The maximum Gasteiger partial charge on any atom is 0.0635 e. The summed E-state index contributed by atoms with van der Waals surface area (Å²) in [6.07, 6.45) is 1.01. The third-order valence-electron chi connectivity index (χ3n) is 2.36. The van der Waals surface area contributed by atoms with Gasteiger partial charge in [0.2, 0.25) is 0 Å². The van der Waals surface area contributed by atoms with Crippen molar-refractivity contribution < 1.29 is 0 Å². The van der Waals surface area contributed by atoms with Crippen LogP contribution < -0.4 is 63.1 Å². The van der Waals surface area contributed by atoms with Crippen LogP contribution in [0.5, 0.6) is 0 Å². The van der Waals surface area contributed by atoms with E-state index in [9.17, 15) is 0 Å². The van der Waals surface area contributed by atoms with Crippen molar-refractivity contribution in [3.63, 3.8) is 0 Å². The molecule has 0 aliphatic rings. The molecule has 0 atom stereocenters. The van der Waals surface area contributed by atoms with Crippen LogP contribution >= 0.6 is 0 Å². The molecule has 0 heterocycles. The molecule has 0 saturated carbocycles. The zero-order valence-electron chi connectivity index (χ0n) is 20.0. The number of hydrogen-bond acceptors (Lipinski definition) is 14. The van der Waals surface area contributed by atoms with Crippen molar-refractivity contribution in [2.45, 2.75) is 12.8 Å². The smallest absolute Gasteiger partial charge is 0.0635 e. The van der Waals surface area contributed by atoms with E-state index in [1.165, 1.54) is 0 Å². The summed E-state index contributed by atoms with van der Waals surface area (Å²) in [4.78, 5) is 2.03. The minimum absolute atomic E-state index is 0.505. The SMILES string of the molecule is N#CCCN(CCN)CCC#N.NCCN.NCCN.NCCN.NCCN.NCCN. The van der Waals surface area contributed by atoms with Gasteiger partial charge in [0.1, 0.15) is 0 Å². The molecule has 22 N–H and O–H groups in total. The Morgan fingerprint density at radius 1 is 0.375 bits per heavy atom. The molecule has 14 heteroatoms. The van der Waals surface area contributed by atoms with Crippen molar-refractivity contribution in [1.82, 2.24) is 4.90 Å². The second-order valence-electron chi connectivity index (χ2n) is 5.33. The molecule has 0 bridgehead atoms. The van der Waals surface area contributed by atoms with Crippen molar-refractivity contribution in [3.8, 4) is 12.1 Å². The molecular weight excluding hydrogens is 412 g/mol. The first-order valence-electron chi connectivity index (χ1n) is 10.6. The molecule has 0 aliphatic carbocycles. The highest BCUT2D eigenvalue weighted by molar-refractivity contribution is 4.76. The van der Waals surface area contributed by atoms with E-state index in [0.29, 0.717) is 84.8 Å². The Kier molecular flexibility index (Phi) is 87.1. The third kappa shape index (κ3) is 103. The van der Waals surface area contributed by atoms with Gasteiger partial charge in [0.15, 0.2) is 0 Å². The summed E-state index contributed by atoms with van der Waals surface area (Å²) in [6.45, 7) is 8.75. The van der Waals surface area contributed by atoms with Crippen LogP contribution in [-0.2, 0) is 0 Å². The Labute approximate surface area is 195 Å². The molecule has 0 fully saturated rings. The van der Waals surface area contributed by atoms with Gasteiger partial charge >= 0.3 is 0 Å². The fourth-order valence-corrected chi connectivity index (χ4v) is 0.934. The van der Waals surface area contributed by atoms with Crippen LogP contribution in [0.3, 0.4) is 0 Å². The monoisotopic (exact) mass is 466 g/mol. The normalized spacial score (nSPS) is 8.19. The summed E-state index contributed by atoms with van der Waals surface area (Å²) in [5.74, 6) is 0. The summed E-state index contributed by atoms with van der Waals surface area (Å²) in [5, 5.41) is 16.7. The molecule has 14 nitrogen and oxygen atoms in total. The zero-order valence-corrected chi connectivity index (χ0v) is 20.0. The molecule has 0 unspecified atom stereocenters. The molecule has 0 aromatic heterocycles. The van der Waals surface area contributed by atoms with Crippen molar-refractivity contribution in [2.75, 3.05) is 91.6 Å². The minimum atomic E-state index is 0.505. The molecule has 0 radical (unpaired) electrons. The highest BCUT2D eigenvalue weighted by Crippen LogP contribution is 1.91. The third-order valence-corrected chi connectivity index (χ3v) is 2.36. The van der Waals surface area contributed by atoms with Crippen LogP contribution in [0.15, 0.2) is 0 Å². The second-order valence-corrected chi connectivity index (χ2v) is 5.33. The average molecular weight is 467 g/mol. The molecule has 0 aliphatic heterocycles. The maximum atomic E-state index is 8.34. The van der Waals surface area contributed by atoms with Crippen LogP contribution in [0, 0.1) is 22.7 Å². The molecule has 0 aromatic carbocycles. The lowest BCUT2D eigenvalue weighted by Crippen LogP contribution is -2.31. The minimum Gasteiger partial charge on any atom is -0.329 e. The van der Waals surface area contributed by atoms with Crippen molar-refractivity contribution in [1.29, 1.82) is 10.5 Å². The fraction of sp³-hybridized carbons (Fsp3) is 0.889. The molecule has 0 saturated heterocycles. The van der Waals surface area contributed by atoms with E-state index < -0.39 is 0 Å². The van der Waals surface area contributed by atoms with E-state index >= 15 is 0 Å². The lowest BCUT2D eigenvalue weighted by atomic mass is 10.3. The van der Waals surface area contributed by atoms with Crippen LogP contribution in [-0.4, -0.2) is 96.5 Å². The van der Waals surface area contributed by atoms with E-state index in [-0.39, 0.29) is 0 Å². The quantitative estimate of drug-likeness (QED) is 0.135. The van der Waals surface area contributed by atoms with Crippen molar-refractivity contribution in [3.05, 3.63) is 0 Å². The highest BCUT2D eigenvalue weighted by atomic mass is 15.1. The van der Waals surface area contributed by atoms with Crippen LogP contribution in [0.1, 0.15) is 12.8 Å². The topological polar surface area (TPSA) is 337 Å². The molecule has 196 valence electrons. The molecule has 0 rings (SSSR count). The standard InChI is InChI=1S/C8H14N4.5C2H8N2/c9-3-1-6-12(8-5-11)7-2-4-10;5*3-1-2-4/h1-2,5-8,11H2;5*1-4H2. The van der Waals surface area contributed by atoms with E-state index in [4.69, 9.17) is 73.6 Å². The Hall–Kier alpha value is -1.50. The first-order chi connectivity index (χ1) is 15.4. The predicted octanol–water partition coefficient (Wildman–Crippen LogP) is -5.41. The first kappa shape index (κ1) is 44.2. The van der Waals surface area contributed by atoms with Gasteiger partial charge in [-0.2, -0.15) is 10.5 Å². The maximum absolute atomic E-state index is 8.34. The Bertz CT molecular complexity index is 269. The number of rotatable bonds is 11. The van der Waals surface area contributed by atoms with Gasteiger partial charge in [-0.25, -0.2) is 0 Å². The highest BCUT2D eigenvalue weighted by Gasteiger charge is 2.01. The van der Waals surface area contributed by atoms with Crippen molar-refractivity contribution >= 4 is 0 Å². The number of nitrogens with two attached hydrogens (primary N) is 11.